The normalized spacial score (nSPS) is 15.0. The number of benzene rings is 2. The average Bonchev–Trinajstić information content (AvgIpc) is 2.62. The summed E-state index contributed by atoms with van der Waals surface area (Å²) in [6.45, 7) is 0. The van der Waals surface area contributed by atoms with Crippen molar-refractivity contribution in [2.75, 3.05) is 0 Å². The molecule has 1 aromatic heterocycles. The van der Waals surface area contributed by atoms with Gasteiger partial charge in [0.2, 0.25) is 0 Å². The van der Waals surface area contributed by atoms with Gasteiger partial charge in [0.1, 0.15) is 6.10 Å². The quantitative estimate of drug-likeness (QED) is 0.777. The largest absolute Gasteiger partial charge is 0.385 e. The first-order valence-corrected chi connectivity index (χ1v) is 7.15. The standard InChI is InChI=1S/C19H17NO2/c21-18(15-9-3-1-4-10-15)19(22,16-11-5-2-6-12-16)17-13-7-8-14-20-17/h1-14,18,21-22H. The minimum Gasteiger partial charge on any atom is -0.385 e. The van der Waals surface area contributed by atoms with E-state index in [1.165, 1.54) is 0 Å². The van der Waals surface area contributed by atoms with Crippen molar-refractivity contribution < 1.29 is 10.2 Å². The summed E-state index contributed by atoms with van der Waals surface area (Å²) in [5.41, 5.74) is 0.0475. The molecule has 0 saturated carbocycles. The van der Waals surface area contributed by atoms with Crippen LogP contribution in [0.3, 0.4) is 0 Å². The predicted molar refractivity (Wildman–Crippen MR) is 85.1 cm³/mol. The zero-order valence-electron chi connectivity index (χ0n) is 12.0. The molecule has 0 saturated heterocycles. The van der Waals surface area contributed by atoms with E-state index in [1.807, 2.05) is 36.4 Å². The average molecular weight is 291 g/mol. The van der Waals surface area contributed by atoms with Crippen molar-refractivity contribution in [1.29, 1.82) is 0 Å². The van der Waals surface area contributed by atoms with Crippen LogP contribution in [0.1, 0.15) is 22.9 Å². The van der Waals surface area contributed by atoms with Crippen molar-refractivity contribution in [3.05, 3.63) is 102 Å². The minimum atomic E-state index is -1.61. The Morgan fingerprint density at radius 3 is 1.95 bits per heavy atom. The molecule has 3 heteroatoms. The van der Waals surface area contributed by atoms with E-state index in [4.69, 9.17) is 0 Å². The first kappa shape index (κ1) is 14.4. The third-order valence-electron chi connectivity index (χ3n) is 3.78. The van der Waals surface area contributed by atoms with Crippen molar-refractivity contribution in [3.8, 4) is 0 Å². The molecule has 0 amide bonds. The Morgan fingerprint density at radius 2 is 1.36 bits per heavy atom. The molecule has 3 rings (SSSR count). The maximum Gasteiger partial charge on any atom is 0.161 e. The van der Waals surface area contributed by atoms with E-state index in [0.717, 1.165) is 0 Å². The molecule has 0 bridgehead atoms. The van der Waals surface area contributed by atoms with E-state index < -0.39 is 11.7 Å². The lowest BCUT2D eigenvalue weighted by Crippen LogP contribution is -2.35. The molecule has 2 unspecified atom stereocenters. The Balaban J connectivity index is 2.16. The molecule has 1 heterocycles. The lowest BCUT2D eigenvalue weighted by molar-refractivity contribution is -0.0546. The van der Waals surface area contributed by atoms with Gasteiger partial charge in [-0.3, -0.25) is 4.98 Å². The van der Waals surface area contributed by atoms with Gasteiger partial charge in [-0.2, -0.15) is 0 Å². The Kier molecular flexibility index (Phi) is 4.00. The molecule has 2 atom stereocenters. The fourth-order valence-corrected chi connectivity index (χ4v) is 2.60. The lowest BCUT2D eigenvalue weighted by Gasteiger charge is -2.33. The van der Waals surface area contributed by atoms with Crippen LogP contribution in [-0.4, -0.2) is 15.2 Å². The van der Waals surface area contributed by atoms with Crippen LogP contribution in [0.4, 0.5) is 0 Å². The van der Waals surface area contributed by atoms with Crippen LogP contribution in [0.25, 0.3) is 0 Å². The second-order valence-corrected chi connectivity index (χ2v) is 5.16. The van der Waals surface area contributed by atoms with Crippen LogP contribution < -0.4 is 0 Å². The van der Waals surface area contributed by atoms with Crippen molar-refractivity contribution >= 4 is 0 Å². The van der Waals surface area contributed by atoms with Crippen LogP contribution in [-0.2, 0) is 5.60 Å². The third-order valence-corrected chi connectivity index (χ3v) is 3.78. The zero-order chi connectivity index (χ0) is 15.4. The first-order chi connectivity index (χ1) is 10.7. The van der Waals surface area contributed by atoms with Crippen molar-refractivity contribution in [2.45, 2.75) is 11.7 Å². The molecule has 0 radical (unpaired) electrons. The number of aliphatic hydroxyl groups is 2. The third kappa shape index (κ3) is 2.52. The highest BCUT2D eigenvalue weighted by Gasteiger charge is 2.41. The molecule has 0 aliphatic heterocycles. The van der Waals surface area contributed by atoms with Gasteiger partial charge in [-0.15, -0.1) is 0 Å². The Morgan fingerprint density at radius 1 is 0.773 bits per heavy atom. The number of pyridine rings is 1. The van der Waals surface area contributed by atoms with Gasteiger partial charge in [0.05, 0.1) is 5.69 Å². The lowest BCUT2D eigenvalue weighted by atomic mass is 9.81. The molecule has 2 aromatic carbocycles. The Labute approximate surface area is 129 Å². The smallest absolute Gasteiger partial charge is 0.161 e. The SMILES string of the molecule is OC(c1ccccc1)C(O)(c1ccccc1)c1ccccn1. The molecule has 22 heavy (non-hydrogen) atoms. The zero-order valence-corrected chi connectivity index (χ0v) is 12.0. The van der Waals surface area contributed by atoms with E-state index in [9.17, 15) is 10.2 Å². The number of rotatable bonds is 4. The molecular weight excluding hydrogens is 274 g/mol. The fourth-order valence-electron chi connectivity index (χ4n) is 2.60. The van der Waals surface area contributed by atoms with Gasteiger partial charge in [0, 0.05) is 6.20 Å². The topological polar surface area (TPSA) is 53.4 Å². The molecule has 3 aromatic rings. The van der Waals surface area contributed by atoms with E-state index in [2.05, 4.69) is 4.98 Å². The van der Waals surface area contributed by atoms with E-state index in [0.29, 0.717) is 16.8 Å². The maximum absolute atomic E-state index is 11.4. The van der Waals surface area contributed by atoms with Crippen molar-refractivity contribution in [3.63, 3.8) is 0 Å². The molecule has 2 N–H and O–H groups in total. The monoisotopic (exact) mass is 291 g/mol. The predicted octanol–water partition coefficient (Wildman–Crippen LogP) is 3.05. The Bertz CT molecular complexity index is 675. The summed E-state index contributed by atoms with van der Waals surface area (Å²) < 4.78 is 0. The van der Waals surface area contributed by atoms with Crippen molar-refractivity contribution in [1.82, 2.24) is 4.98 Å². The molecule has 0 aliphatic rings. The minimum absolute atomic E-state index is 0.414. The summed E-state index contributed by atoms with van der Waals surface area (Å²) in [4.78, 5) is 4.26. The molecule has 0 aliphatic carbocycles. The van der Waals surface area contributed by atoms with Gasteiger partial charge < -0.3 is 10.2 Å². The van der Waals surface area contributed by atoms with Crippen LogP contribution in [0, 0.1) is 0 Å². The van der Waals surface area contributed by atoms with Crippen LogP contribution in [0.15, 0.2) is 85.1 Å². The van der Waals surface area contributed by atoms with E-state index in [1.54, 1.807) is 48.7 Å². The molecule has 0 fully saturated rings. The second-order valence-electron chi connectivity index (χ2n) is 5.16. The Hall–Kier alpha value is -2.49. The molecule has 0 spiro atoms. The van der Waals surface area contributed by atoms with Crippen LogP contribution in [0.2, 0.25) is 0 Å². The van der Waals surface area contributed by atoms with Gasteiger partial charge in [-0.25, -0.2) is 0 Å². The number of nitrogens with zero attached hydrogens (tertiary/aromatic N) is 1. The second kappa shape index (κ2) is 6.10. The summed E-state index contributed by atoms with van der Waals surface area (Å²) >= 11 is 0. The van der Waals surface area contributed by atoms with Gasteiger partial charge in [-0.05, 0) is 23.3 Å². The number of hydrogen-bond acceptors (Lipinski definition) is 3. The van der Waals surface area contributed by atoms with Gasteiger partial charge >= 0.3 is 0 Å². The van der Waals surface area contributed by atoms with E-state index in [-0.39, 0.29) is 0 Å². The molecule has 110 valence electrons. The maximum atomic E-state index is 11.4. The summed E-state index contributed by atoms with van der Waals surface area (Å²) in [5, 5.41) is 22.2. The molecular formula is C19H17NO2. The summed E-state index contributed by atoms with van der Waals surface area (Å²) in [6, 6.07) is 23.6. The summed E-state index contributed by atoms with van der Waals surface area (Å²) in [7, 11) is 0. The fraction of sp³-hybridized carbons (Fsp3) is 0.105. The van der Waals surface area contributed by atoms with Gasteiger partial charge in [-0.1, -0.05) is 66.7 Å². The highest BCUT2D eigenvalue weighted by molar-refractivity contribution is 5.37. The van der Waals surface area contributed by atoms with Crippen LogP contribution >= 0.6 is 0 Å². The highest BCUT2D eigenvalue weighted by atomic mass is 16.3. The first-order valence-electron chi connectivity index (χ1n) is 7.15. The van der Waals surface area contributed by atoms with Crippen LogP contribution in [0.5, 0.6) is 0 Å². The van der Waals surface area contributed by atoms with Gasteiger partial charge in [0.15, 0.2) is 5.60 Å². The highest BCUT2D eigenvalue weighted by Crippen LogP contribution is 2.39. The number of hydrogen-bond donors (Lipinski definition) is 2. The molecule has 3 nitrogen and oxygen atoms in total. The summed E-state index contributed by atoms with van der Waals surface area (Å²) in [5.74, 6) is 0. The summed E-state index contributed by atoms with van der Waals surface area (Å²) in [6.07, 6.45) is 0.493. The van der Waals surface area contributed by atoms with Gasteiger partial charge in [0.25, 0.3) is 0 Å². The number of aliphatic hydroxyl groups excluding tert-OH is 1. The van der Waals surface area contributed by atoms with E-state index >= 15 is 0 Å². The van der Waals surface area contributed by atoms with Crippen molar-refractivity contribution in [2.24, 2.45) is 0 Å². The number of aromatic nitrogens is 1.